The van der Waals surface area contributed by atoms with Crippen LogP contribution in [0, 0.1) is 0 Å². The standard InChI is InChI=1S/C14H18N4O/c1-2-15-14(19)16-10-12-5-3-6-13(9-12)11-18-8-4-7-17-18/h3-9H,2,10-11H2,1H3,(H2,15,16,19). The molecule has 0 saturated carbocycles. The Kier molecular flexibility index (Phi) is 4.55. The number of hydrogen-bond donors (Lipinski definition) is 2. The lowest BCUT2D eigenvalue weighted by Crippen LogP contribution is -2.34. The summed E-state index contributed by atoms with van der Waals surface area (Å²) in [5.74, 6) is 0. The molecule has 0 fully saturated rings. The first-order valence-electron chi connectivity index (χ1n) is 6.35. The summed E-state index contributed by atoms with van der Waals surface area (Å²) in [5, 5.41) is 9.69. The molecule has 0 aliphatic rings. The fourth-order valence-corrected chi connectivity index (χ4v) is 1.82. The third-order valence-electron chi connectivity index (χ3n) is 2.69. The number of hydrogen-bond acceptors (Lipinski definition) is 2. The van der Waals surface area contributed by atoms with Crippen molar-refractivity contribution in [2.45, 2.75) is 20.0 Å². The molecule has 0 saturated heterocycles. The molecule has 19 heavy (non-hydrogen) atoms. The van der Waals surface area contributed by atoms with E-state index in [4.69, 9.17) is 0 Å². The Hall–Kier alpha value is -2.30. The van der Waals surface area contributed by atoms with Crippen LogP contribution in [-0.4, -0.2) is 22.4 Å². The van der Waals surface area contributed by atoms with Gasteiger partial charge in [0.25, 0.3) is 0 Å². The fourth-order valence-electron chi connectivity index (χ4n) is 1.82. The fraction of sp³-hybridized carbons (Fsp3) is 0.286. The highest BCUT2D eigenvalue weighted by molar-refractivity contribution is 5.73. The summed E-state index contributed by atoms with van der Waals surface area (Å²) in [6.45, 7) is 3.79. The van der Waals surface area contributed by atoms with Crippen molar-refractivity contribution in [2.24, 2.45) is 0 Å². The van der Waals surface area contributed by atoms with Crippen LogP contribution in [0.5, 0.6) is 0 Å². The van der Waals surface area contributed by atoms with Crippen molar-refractivity contribution in [3.05, 3.63) is 53.9 Å². The molecule has 2 rings (SSSR count). The van der Waals surface area contributed by atoms with E-state index in [1.165, 1.54) is 5.56 Å². The minimum absolute atomic E-state index is 0.139. The first-order valence-corrected chi connectivity index (χ1v) is 6.35. The van der Waals surface area contributed by atoms with Gasteiger partial charge >= 0.3 is 6.03 Å². The first kappa shape index (κ1) is 13.1. The van der Waals surface area contributed by atoms with Crippen LogP contribution in [0.3, 0.4) is 0 Å². The summed E-state index contributed by atoms with van der Waals surface area (Å²) in [7, 11) is 0. The van der Waals surface area contributed by atoms with Crippen molar-refractivity contribution in [1.29, 1.82) is 0 Å². The number of carbonyl (C=O) groups is 1. The lowest BCUT2D eigenvalue weighted by molar-refractivity contribution is 0.241. The van der Waals surface area contributed by atoms with Gasteiger partial charge in [0, 0.05) is 25.5 Å². The van der Waals surface area contributed by atoms with Gasteiger partial charge < -0.3 is 10.6 Å². The molecule has 0 radical (unpaired) electrons. The third-order valence-corrected chi connectivity index (χ3v) is 2.69. The Morgan fingerprint density at radius 1 is 1.26 bits per heavy atom. The van der Waals surface area contributed by atoms with E-state index in [2.05, 4.69) is 27.9 Å². The lowest BCUT2D eigenvalue weighted by Gasteiger charge is -2.08. The maximum Gasteiger partial charge on any atom is 0.315 e. The molecule has 0 aliphatic heterocycles. The third kappa shape index (κ3) is 4.13. The van der Waals surface area contributed by atoms with E-state index in [-0.39, 0.29) is 6.03 Å². The van der Waals surface area contributed by atoms with Crippen LogP contribution in [0.25, 0.3) is 0 Å². The number of nitrogens with zero attached hydrogens (tertiary/aromatic N) is 2. The van der Waals surface area contributed by atoms with E-state index in [0.717, 1.165) is 12.1 Å². The Bertz CT molecular complexity index is 522. The van der Waals surface area contributed by atoms with Gasteiger partial charge in [-0.2, -0.15) is 5.10 Å². The van der Waals surface area contributed by atoms with Crippen molar-refractivity contribution in [3.63, 3.8) is 0 Å². The largest absolute Gasteiger partial charge is 0.338 e. The zero-order chi connectivity index (χ0) is 13.5. The molecule has 0 bridgehead atoms. The van der Waals surface area contributed by atoms with Crippen LogP contribution in [0.1, 0.15) is 18.1 Å². The van der Waals surface area contributed by atoms with Crippen molar-refractivity contribution in [2.75, 3.05) is 6.54 Å². The molecule has 1 heterocycles. The van der Waals surface area contributed by atoms with Crippen LogP contribution >= 0.6 is 0 Å². The second-order valence-corrected chi connectivity index (χ2v) is 4.24. The van der Waals surface area contributed by atoms with E-state index in [9.17, 15) is 4.79 Å². The van der Waals surface area contributed by atoms with Crippen molar-refractivity contribution < 1.29 is 4.79 Å². The smallest absolute Gasteiger partial charge is 0.315 e. The number of amides is 2. The molecule has 5 heteroatoms. The minimum atomic E-state index is -0.139. The van der Waals surface area contributed by atoms with Gasteiger partial charge in [-0.1, -0.05) is 24.3 Å². The average Bonchev–Trinajstić information content (AvgIpc) is 2.90. The minimum Gasteiger partial charge on any atom is -0.338 e. The molecule has 1 aromatic carbocycles. The number of urea groups is 1. The molecule has 0 atom stereocenters. The molecule has 0 unspecified atom stereocenters. The van der Waals surface area contributed by atoms with E-state index in [0.29, 0.717) is 13.1 Å². The zero-order valence-corrected chi connectivity index (χ0v) is 11.0. The second kappa shape index (κ2) is 6.58. The Morgan fingerprint density at radius 2 is 2.11 bits per heavy atom. The topological polar surface area (TPSA) is 59.0 Å². The summed E-state index contributed by atoms with van der Waals surface area (Å²) < 4.78 is 1.87. The summed E-state index contributed by atoms with van der Waals surface area (Å²) >= 11 is 0. The highest BCUT2D eigenvalue weighted by Gasteiger charge is 2.00. The van der Waals surface area contributed by atoms with Gasteiger partial charge in [0.05, 0.1) is 6.54 Å². The average molecular weight is 258 g/mol. The Balaban J connectivity index is 1.93. The maximum atomic E-state index is 11.3. The van der Waals surface area contributed by atoms with Gasteiger partial charge in [-0.15, -0.1) is 0 Å². The Morgan fingerprint density at radius 3 is 2.84 bits per heavy atom. The zero-order valence-electron chi connectivity index (χ0n) is 11.0. The molecule has 0 aliphatic carbocycles. The predicted octanol–water partition coefficient (Wildman–Crippen LogP) is 1.75. The van der Waals surface area contributed by atoms with E-state index >= 15 is 0 Å². The number of rotatable bonds is 5. The summed E-state index contributed by atoms with van der Waals surface area (Å²) in [6, 6.07) is 9.89. The quantitative estimate of drug-likeness (QED) is 0.858. The lowest BCUT2D eigenvalue weighted by atomic mass is 10.1. The van der Waals surface area contributed by atoms with Crippen LogP contribution < -0.4 is 10.6 Å². The van der Waals surface area contributed by atoms with E-state index < -0.39 is 0 Å². The van der Waals surface area contributed by atoms with Gasteiger partial charge in [-0.3, -0.25) is 4.68 Å². The van der Waals surface area contributed by atoms with Gasteiger partial charge in [0.2, 0.25) is 0 Å². The maximum absolute atomic E-state index is 11.3. The van der Waals surface area contributed by atoms with Crippen molar-refractivity contribution in [1.82, 2.24) is 20.4 Å². The molecule has 2 aromatic rings. The predicted molar refractivity (Wildman–Crippen MR) is 73.7 cm³/mol. The molecule has 100 valence electrons. The van der Waals surface area contributed by atoms with Crippen LogP contribution in [0.2, 0.25) is 0 Å². The van der Waals surface area contributed by atoms with Crippen LogP contribution in [0.15, 0.2) is 42.7 Å². The molecule has 2 N–H and O–H groups in total. The van der Waals surface area contributed by atoms with Crippen LogP contribution in [-0.2, 0) is 13.1 Å². The first-order chi connectivity index (χ1) is 9.28. The monoisotopic (exact) mass is 258 g/mol. The van der Waals surface area contributed by atoms with Crippen LogP contribution in [0.4, 0.5) is 4.79 Å². The SMILES string of the molecule is CCNC(=O)NCc1cccc(Cn2cccn2)c1. The van der Waals surface area contributed by atoms with Crippen molar-refractivity contribution >= 4 is 6.03 Å². The number of carbonyl (C=O) groups excluding carboxylic acids is 1. The number of benzene rings is 1. The van der Waals surface area contributed by atoms with Gasteiger partial charge in [-0.25, -0.2) is 4.79 Å². The normalized spacial score (nSPS) is 10.2. The van der Waals surface area contributed by atoms with E-state index in [1.807, 2.05) is 36.0 Å². The molecule has 1 aromatic heterocycles. The molecular weight excluding hydrogens is 240 g/mol. The van der Waals surface area contributed by atoms with E-state index in [1.54, 1.807) is 6.20 Å². The second-order valence-electron chi connectivity index (χ2n) is 4.24. The van der Waals surface area contributed by atoms with Gasteiger partial charge in [0.1, 0.15) is 0 Å². The highest BCUT2D eigenvalue weighted by atomic mass is 16.2. The summed E-state index contributed by atoms with van der Waals surface area (Å²) in [5.41, 5.74) is 2.25. The molecule has 0 spiro atoms. The van der Waals surface area contributed by atoms with Gasteiger partial charge in [-0.05, 0) is 24.1 Å². The Labute approximate surface area is 112 Å². The number of aromatic nitrogens is 2. The summed E-state index contributed by atoms with van der Waals surface area (Å²) in [6.07, 6.45) is 3.69. The van der Waals surface area contributed by atoms with Gasteiger partial charge in [0.15, 0.2) is 0 Å². The highest BCUT2D eigenvalue weighted by Crippen LogP contribution is 2.06. The molecular formula is C14H18N4O. The summed E-state index contributed by atoms with van der Waals surface area (Å²) in [4.78, 5) is 11.3. The molecule has 5 nitrogen and oxygen atoms in total. The van der Waals surface area contributed by atoms with Crippen molar-refractivity contribution in [3.8, 4) is 0 Å². The number of nitrogens with one attached hydrogen (secondary N) is 2. The molecule has 2 amide bonds.